The molecule has 1 N–H and O–H groups in total. The number of halogens is 1. The summed E-state index contributed by atoms with van der Waals surface area (Å²) in [4.78, 5) is 1.30. The Balaban J connectivity index is 2.40. The number of rotatable bonds is 4. The van der Waals surface area contributed by atoms with E-state index in [1.807, 2.05) is 25.2 Å². The van der Waals surface area contributed by atoms with Crippen molar-refractivity contribution in [1.29, 1.82) is 0 Å². The molecule has 2 aromatic rings. The van der Waals surface area contributed by atoms with Crippen molar-refractivity contribution < 1.29 is 4.74 Å². The van der Waals surface area contributed by atoms with Crippen LogP contribution in [0.4, 0.5) is 0 Å². The number of thiophene rings is 1. The Kier molecular flexibility index (Phi) is 4.05. The van der Waals surface area contributed by atoms with Crippen LogP contribution in [0.2, 0.25) is 5.02 Å². The lowest BCUT2D eigenvalue weighted by molar-refractivity contribution is 0.416. The van der Waals surface area contributed by atoms with E-state index < -0.39 is 0 Å². The molecule has 1 heterocycles. The van der Waals surface area contributed by atoms with Crippen molar-refractivity contribution >= 4 is 22.9 Å². The molecular weight excluding hydrogens is 254 g/mol. The highest BCUT2D eigenvalue weighted by Crippen LogP contribution is 2.34. The van der Waals surface area contributed by atoms with Crippen LogP contribution in [0.15, 0.2) is 29.6 Å². The van der Waals surface area contributed by atoms with E-state index >= 15 is 0 Å². The van der Waals surface area contributed by atoms with Gasteiger partial charge in [0, 0.05) is 22.0 Å². The molecule has 0 aliphatic carbocycles. The number of benzene rings is 1. The predicted octanol–water partition coefficient (Wildman–Crippen LogP) is 3.80. The molecule has 0 spiro atoms. The molecule has 1 aromatic carbocycles. The lowest BCUT2D eigenvalue weighted by Crippen LogP contribution is -2.02. The van der Waals surface area contributed by atoms with Crippen LogP contribution in [0.1, 0.15) is 4.88 Å². The molecule has 0 unspecified atom stereocenters. The molecule has 0 saturated carbocycles. The van der Waals surface area contributed by atoms with Crippen molar-refractivity contribution in [2.45, 2.75) is 6.54 Å². The summed E-state index contributed by atoms with van der Waals surface area (Å²) in [5, 5.41) is 5.99. The zero-order chi connectivity index (χ0) is 12.3. The van der Waals surface area contributed by atoms with E-state index in [1.54, 1.807) is 18.4 Å². The third-order valence-corrected chi connectivity index (χ3v) is 3.65. The molecule has 4 heteroatoms. The third kappa shape index (κ3) is 2.80. The Morgan fingerprint density at radius 2 is 2.18 bits per heavy atom. The van der Waals surface area contributed by atoms with E-state index in [-0.39, 0.29) is 0 Å². The summed E-state index contributed by atoms with van der Waals surface area (Å²) in [5.41, 5.74) is 2.19. The normalized spacial score (nSPS) is 10.5. The summed E-state index contributed by atoms with van der Waals surface area (Å²) < 4.78 is 5.35. The van der Waals surface area contributed by atoms with Gasteiger partial charge >= 0.3 is 0 Å². The molecule has 1 aromatic heterocycles. The number of methoxy groups -OCH3 is 1. The summed E-state index contributed by atoms with van der Waals surface area (Å²) in [5.74, 6) is 0.850. The van der Waals surface area contributed by atoms with Crippen LogP contribution in [-0.2, 0) is 6.54 Å². The van der Waals surface area contributed by atoms with Crippen LogP contribution in [-0.4, -0.2) is 14.2 Å². The average molecular weight is 268 g/mol. The minimum atomic E-state index is 0.724. The summed E-state index contributed by atoms with van der Waals surface area (Å²) in [6.07, 6.45) is 0. The maximum absolute atomic E-state index is 6.03. The summed E-state index contributed by atoms with van der Waals surface area (Å²) in [6, 6.07) is 7.83. The maximum Gasteiger partial charge on any atom is 0.126 e. The highest BCUT2D eigenvalue weighted by Gasteiger charge is 2.08. The first kappa shape index (κ1) is 12.4. The van der Waals surface area contributed by atoms with Crippen LogP contribution in [0, 0.1) is 0 Å². The van der Waals surface area contributed by atoms with E-state index in [0.29, 0.717) is 0 Å². The second kappa shape index (κ2) is 5.54. The van der Waals surface area contributed by atoms with Crippen LogP contribution < -0.4 is 10.1 Å². The van der Waals surface area contributed by atoms with Gasteiger partial charge in [-0.15, -0.1) is 11.3 Å². The molecular formula is C13H14ClNOS. The van der Waals surface area contributed by atoms with Gasteiger partial charge in [-0.25, -0.2) is 0 Å². The topological polar surface area (TPSA) is 21.3 Å². The van der Waals surface area contributed by atoms with Gasteiger partial charge in [-0.05, 0) is 42.3 Å². The van der Waals surface area contributed by atoms with Gasteiger partial charge in [0.15, 0.2) is 0 Å². The smallest absolute Gasteiger partial charge is 0.126 e. The molecule has 2 nitrogen and oxygen atoms in total. The van der Waals surface area contributed by atoms with Gasteiger partial charge in [-0.3, -0.25) is 0 Å². The quantitative estimate of drug-likeness (QED) is 0.910. The lowest BCUT2D eigenvalue weighted by atomic mass is 10.1. The summed E-state index contributed by atoms with van der Waals surface area (Å²) >= 11 is 7.76. The lowest BCUT2D eigenvalue weighted by Gasteiger charge is -2.07. The monoisotopic (exact) mass is 267 g/mol. The van der Waals surface area contributed by atoms with E-state index in [9.17, 15) is 0 Å². The Labute approximate surface area is 110 Å². The van der Waals surface area contributed by atoms with Gasteiger partial charge in [-0.1, -0.05) is 11.6 Å². The largest absolute Gasteiger partial charge is 0.496 e. The number of nitrogens with one attached hydrogen (secondary N) is 1. The Morgan fingerprint density at radius 3 is 2.88 bits per heavy atom. The van der Waals surface area contributed by atoms with E-state index in [2.05, 4.69) is 16.8 Å². The first-order valence-electron chi connectivity index (χ1n) is 5.30. The van der Waals surface area contributed by atoms with E-state index in [1.165, 1.54) is 4.88 Å². The molecule has 2 rings (SSSR count). The first-order chi connectivity index (χ1) is 8.24. The van der Waals surface area contributed by atoms with Gasteiger partial charge in [0.2, 0.25) is 0 Å². The van der Waals surface area contributed by atoms with Crippen molar-refractivity contribution in [2.24, 2.45) is 0 Å². The van der Waals surface area contributed by atoms with Gasteiger partial charge in [0.25, 0.3) is 0 Å². The minimum Gasteiger partial charge on any atom is -0.496 e. The van der Waals surface area contributed by atoms with Gasteiger partial charge in [0.1, 0.15) is 5.75 Å². The Hall–Kier alpha value is -1.03. The average Bonchev–Trinajstić information content (AvgIpc) is 2.78. The predicted molar refractivity (Wildman–Crippen MR) is 74.1 cm³/mol. The standard InChI is InChI=1S/C13H14ClNOS/c1-15-7-11-5-9(8-17-11)12-6-10(14)3-4-13(12)16-2/h3-6,8,15H,7H2,1-2H3. The zero-order valence-corrected chi connectivity index (χ0v) is 11.4. The molecule has 0 radical (unpaired) electrons. The van der Waals surface area contributed by atoms with Gasteiger partial charge in [0.05, 0.1) is 7.11 Å². The maximum atomic E-state index is 6.03. The second-order valence-electron chi connectivity index (χ2n) is 3.68. The SMILES string of the molecule is CNCc1cc(-c2cc(Cl)ccc2OC)cs1. The molecule has 0 aliphatic rings. The molecule has 0 fully saturated rings. The van der Waals surface area contributed by atoms with Crippen molar-refractivity contribution in [2.75, 3.05) is 14.2 Å². The van der Waals surface area contributed by atoms with Crippen LogP contribution in [0.3, 0.4) is 0 Å². The highest BCUT2D eigenvalue weighted by molar-refractivity contribution is 7.10. The Morgan fingerprint density at radius 1 is 1.35 bits per heavy atom. The third-order valence-electron chi connectivity index (χ3n) is 2.48. The van der Waals surface area contributed by atoms with Crippen molar-refractivity contribution in [3.05, 3.63) is 39.5 Å². The molecule has 0 atom stereocenters. The van der Waals surface area contributed by atoms with Crippen LogP contribution in [0.25, 0.3) is 11.1 Å². The molecule has 0 aliphatic heterocycles. The fourth-order valence-corrected chi connectivity index (χ4v) is 2.76. The molecule has 0 amide bonds. The fraction of sp³-hybridized carbons (Fsp3) is 0.231. The second-order valence-corrected chi connectivity index (χ2v) is 5.11. The van der Waals surface area contributed by atoms with Crippen molar-refractivity contribution in [3.63, 3.8) is 0 Å². The Bertz CT molecular complexity index is 510. The highest BCUT2D eigenvalue weighted by atomic mass is 35.5. The van der Waals surface area contributed by atoms with E-state index in [4.69, 9.17) is 16.3 Å². The van der Waals surface area contributed by atoms with Crippen molar-refractivity contribution in [3.8, 4) is 16.9 Å². The number of hydrogen-bond donors (Lipinski definition) is 1. The van der Waals surface area contributed by atoms with Gasteiger partial charge < -0.3 is 10.1 Å². The van der Waals surface area contributed by atoms with Crippen LogP contribution in [0.5, 0.6) is 5.75 Å². The van der Waals surface area contributed by atoms with Gasteiger partial charge in [-0.2, -0.15) is 0 Å². The van der Waals surface area contributed by atoms with E-state index in [0.717, 1.165) is 28.4 Å². The fourth-order valence-electron chi connectivity index (χ4n) is 1.69. The molecule has 0 saturated heterocycles. The van der Waals surface area contributed by atoms with Crippen LogP contribution >= 0.6 is 22.9 Å². The van der Waals surface area contributed by atoms with Crippen molar-refractivity contribution in [1.82, 2.24) is 5.32 Å². The number of hydrogen-bond acceptors (Lipinski definition) is 3. The summed E-state index contributed by atoms with van der Waals surface area (Å²) in [6.45, 7) is 0.882. The molecule has 17 heavy (non-hydrogen) atoms. The first-order valence-corrected chi connectivity index (χ1v) is 6.56. The molecule has 0 bridgehead atoms. The number of ether oxygens (including phenoxy) is 1. The zero-order valence-electron chi connectivity index (χ0n) is 9.79. The minimum absolute atomic E-state index is 0.724. The summed E-state index contributed by atoms with van der Waals surface area (Å²) in [7, 11) is 3.62. The molecule has 90 valence electrons.